The molecule has 3 rings (SSSR count). The minimum atomic E-state index is -0.566. The predicted octanol–water partition coefficient (Wildman–Crippen LogP) is 4.36. The number of nitrogens with zero attached hydrogens (tertiary/aromatic N) is 1. The van der Waals surface area contributed by atoms with Gasteiger partial charge in [-0.3, -0.25) is 9.59 Å². The molecule has 0 aliphatic carbocycles. The molecule has 0 unspecified atom stereocenters. The second-order valence-corrected chi connectivity index (χ2v) is 6.82. The minimum absolute atomic E-state index is 0.00518. The summed E-state index contributed by atoms with van der Waals surface area (Å²) in [6.45, 7) is 1.99. The van der Waals surface area contributed by atoms with Crippen LogP contribution in [0.2, 0.25) is 0 Å². The smallest absolute Gasteiger partial charge is 0.263 e. The standard InChI is InChI=1S/C20H16BrFN2O2/c1-13-4-9-16(11-18(13)22)23-19(25)17-3-2-10-24(20(17)26)12-14-5-7-15(21)8-6-14/h2-11H,12H2,1H3,(H,23,25). The van der Waals surface area contributed by atoms with Crippen molar-refractivity contribution in [2.45, 2.75) is 13.5 Å². The Morgan fingerprint density at radius 1 is 1.15 bits per heavy atom. The van der Waals surface area contributed by atoms with E-state index >= 15 is 0 Å². The fraction of sp³-hybridized carbons (Fsp3) is 0.100. The Bertz CT molecular complexity index is 1010. The van der Waals surface area contributed by atoms with Crippen molar-refractivity contribution < 1.29 is 9.18 Å². The number of halogens is 2. The van der Waals surface area contributed by atoms with Gasteiger partial charge in [0.2, 0.25) is 0 Å². The van der Waals surface area contributed by atoms with E-state index in [2.05, 4.69) is 21.2 Å². The third kappa shape index (κ3) is 4.08. The summed E-state index contributed by atoms with van der Waals surface area (Å²) in [4.78, 5) is 25.0. The molecule has 1 N–H and O–H groups in total. The first-order chi connectivity index (χ1) is 12.4. The highest BCUT2D eigenvalue weighted by Crippen LogP contribution is 2.14. The number of hydrogen-bond acceptors (Lipinski definition) is 2. The van der Waals surface area contributed by atoms with Crippen molar-refractivity contribution in [1.29, 1.82) is 0 Å². The number of anilines is 1. The van der Waals surface area contributed by atoms with Crippen LogP contribution in [0.5, 0.6) is 0 Å². The van der Waals surface area contributed by atoms with E-state index in [9.17, 15) is 14.0 Å². The lowest BCUT2D eigenvalue weighted by Crippen LogP contribution is -2.29. The fourth-order valence-electron chi connectivity index (χ4n) is 2.49. The van der Waals surface area contributed by atoms with Gasteiger partial charge in [-0.1, -0.05) is 34.1 Å². The molecule has 4 nitrogen and oxygen atoms in total. The highest BCUT2D eigenvalue weighted by Gasteiger charge is 2.13. The Balaban J connectivity index is 1.83. The molecule has 132 valence electrons. The maximum atomic E-state index is 13.6. The molecule has 1 amide bonds. The van der Waals surface area contributed by atoms with Crippen molar-refractivity contribution >= 4 is 27.5 Å². The van der Waals surface area contributed by atoms with Crippen LogP contribution in [0.1, 0.15) is 21.5 Å². The molecule has 0 atom stereocenters. The Labute approximate surface area is 158 Å². The van der Waals surface area contributed by atoms with E-state index in [1.807, 2.05) is 24.3 Å². The van der Waals surface area contributed by atoms with Crippen LogP contribution in [0.25, 0.3) is 0 Å². The first-order valence-electron chi connectivity index (χ1n) is 7.95. The maximum absolute atomic E-state index is 13.6. The normalized spacial score (nSPS) is 10.6. The van der Waals surface area contributed by atoms with Crippen LogP contribution in [0.3, 0.4) is 0 Å². The van der Waals surface area contributed by atoms with E-state index in [0.717, 1.165) is 10.0 Å². The molecule has 1 aromatic heterocycles. The number of carbonyl (C=O) groups is 1. The van der Waals surface area contributed by atoms with Gasteiger partial charge in [-0.2, -0.15) is 0 Å². The summed E-state index contributed by atoms with van der Waals surface area (Å²) in [5.41, 5.74) is 1.33. The number of aryl methyl sites for hydroxylation is 1. The van der Waals surface area contributed by atoms with E-state index in [1.54, 1.807) is 31.3 Å². The summed E-state index contributed by atoms with van der Waals surface area (Å²) in [7, 11) is 0. The van der Waals surface area contributed by atoms with Crippen molar-refractivity contribution in [1.82, 2.24) is 4.57 Å². The molecule has 0 saturated carbocycles. The number of pyridine rings is 1. The Hall–Kier alpha value is -2.73. The van der Waals surface area contributed by atoms with Gasteiger partial charge in [0.25, 0.3) is 11.5 Å². The van der Waals surface area contributed by atoms with Crippen LogP contribution >= 0.6 is 15.9 Å². The maximum Gasteiger partial charge on any atom is 0.263 e. The molecular weight excluding hydrogens is 399 g/mol. The summed E-state index contributed by atoms with van der Waals surface area (Å²) in [6.07, 6.45) is 1.63. The van der Waals surface area contributed by atoms with E-state index in [1.165, 1.54) is 16.7 Å². The second kappa shape index (κ2) is 7.66. The average Bonchev–Trinajstić information content (AvgIpc) is 2.62. The van der Waals surface area contributed by atoms with Gasteiger partial charge in [0, 0.05) is 16.4 Å². The SMILES string of the molecule is Cc1ccc(NC(=O)c2cccn(Cc3ccc(Br)cc3)c2=O)cc1F. The monoisotopic (exact) mass is 414 g/mol. The number of benzene rings is 2. The molecule has 0 spiro atoms. The van der Waals surface area contributed by atoms with Gasteiger partial charge in [0.05, 0.1) is 6.54 Å². The molecule has 0 fully saturated rings. The van der Waals surface area contributed by atoms with E-state index in [-0.39, 0.29) is 5.56 Å². The molecule has 0 aliphatic rings. The largest absolute Gasteiger partial charge is 0.322 e. The number of aromatic nitrogens is 1. The number of carbonyl (C=O) groups excluding carboxylic acids is 1. The van der Waals surface area contributed by atoms with Gasteiger partial charge in [-0.15, -0.1) is 0 Å². The van der Waals surface area contributed by atoms with E-state index < -0.39 is 17.3 Å². The molecule has 0 radical (unpaired) electrons. The van der Waals surface area contributed by atoms with Crippen molar-refractivity contribution in [3.05, 3.63) is 98.1 Å². The van der Waals surface area contributed by atoms with E-state index in [4.69, 9.17) is 0 Å². The highest BCUT2D eigenvalue weighted by atomic mass is 79.9. The molecule has 3 aromatic rings. The summed E-state index contributed by atoms with van der Waals surface area (Å²) in [6, 6.07) is 15.1. The van der Waals surface area contributed by atoms with Crippen LogP contribution in [0.4, 0.5) is 10.1 Å². The van der Waals surface area contributed by atoms with Crippen LogP contribution in [-0.2, 0) is 6.54 Å². The Morgan fingerprint density at radius 2 is 1.88 bits per heavy atom. The molecule has 6 heteroatoms. The van der Waals surface area contributed by atoms with Crippen LogP contribution in [0.15, 0.2) is 70.1 Å². The van der Waals surface area contributed by atoms with Crippen molar-refractivity contribution in [3.8, 4) is 0 Å². The zero-order valence-corrected chi connectivity index (χ0v) is 15.6. The van der Waals surface area contributed by atoms with Gasteiger partial charge in [0.1, 0.15) is 11.4 Å². The lowest BCUT2D eigenvalue weighted by Gasteiger charge is -2.09. The number of nitrogens with one attached hydrogen (secondary N) is 1. The number of amides is 1. The average molecular weight is 415 g/mol. The zero-order valence-electron chi connectivity index (χ0n) is 14.0. The Morgan fingerprint density at radius 3 is 2.58 bits per heavy atom. The topological polar surface area (TPSA) is 51.1 Å². The van der Waals surface area contributed by atoms with Crippen LogP contribution in [0, 0.1) is 12.7 Å². The lowest BCUT2D eigenvalue weighted by molar-refractivity contribution is 0.102. The first kappa shape index (κ1) is 18.1. The molecule has 26 heavy (non-hydrogen) atoms. The Kier molecular flexibility index (Phi) is 5.32. The lowest BCUT2D eigenvalue weighted by atomic mass is 10.2. The third-order valence-electron chi connectivity index (χ3n) is 3.96. The minimum Gasteiger partial charge on any atom is -0.322 e. The van der Waals surface area contributed by atoms with Gasteiger partial charge >= 0.3 is 0 Å². The van der Waals surface area contributed by atoms with Crippen molar-refractivity contribution in [2.24, 2.45) is 0 Å². The highest BCUT2D eigenvalue weighted by molar-refractivity contribution is 9.10. The van der Waals surface area contributed by atoms with E-state index in [0.29, 0.717) is 17.8 Å². The fourth-order valence-corrected chi connectivity index (χ4v) is 2.75. The molecular formula is C20H16BrFN2O2. The molecule has 1 heterocycles. The third-order valence-corrected chi connectivity index (χ3v) is 4.49. The summed E-state index contributed by atoms with van der Waals surface area (Å²) in [5.74, 6) is -0.980. The summed E-state index contributed by atoms with van der Waals surface area (Å²) >= 11 is 3.37. The zero-order chi connectivity index (χ0) is 18.7. The van der Waals surface area contributed by atoms with Gasteiger partial charge in [-0.25, -0.2) is 4.39 Å². The summed E-state index contributed by atoms with van der Waals surface area (Å²) in [5, 5.41) is 2.57. The molecule has 0 aliphatic heterocycles. The molecule has 2 aromatic carbocycles. The quantitative estimate of drug-likeness (QED) is 0.689. The van der Waals surface area contributed by atoms with Crippen molar-refractivity contribution in [3.63, 3.8) is 0 Å². The first-order valence-corrected chi connectivity index (χ1v) is 8.75. The molecule has 0 bridgehead atoms. The number of rotatable bonds is 4. The van der Waals surface area contributed by atoms with Gasteiger partial charge in [0.15, 0.2) is 0 Å². The summed E-state index contributed by atoms with van der Waals surface area (Å²) < 4.78 is 16.0. The molecule has 0 saturated heterocycles. The van der Waals surface area contributed by atoms with Crippen LogP contribution in [-0.4, -0.2) is 10.5 Å². The van der Waals surface area contributed by atoms with Gasteiger partial charge < -0.3 is 9.88 Å². The predicted molar refractivity (Wildman–Crippen MR) is 103 cm³/mol. The van der Waals surface area contributed by atoms with Crippen LogP contribution < -0.4 is 10.9 Å². The second-order valence-electron chi connectivity index (χ2n) is 5.90. The number of hydrogen-bond donors (Lipinski definition) is 1. The van der Waals surface area contributed by atoms with Gasteiger partial charge in [-0.05, 0) is 54.4 Å². The van der Waals surface area contributed by atoms with Crippen molar-refractivity contribution in [2.75, 3.05) is 5.32 Å².